The van der Waals surface area contributed by atoms with E-state index in [1.54, 1.807) is 7.05 Å². The zero-order valence-corrected chi connectivity index (χ0v) is 21.8. The number of carbonyl (C=O) groups is 2. The zero-order chi connectivity index (χ0) is 27.1. The summed E-state index contributed by atoms with van der Waals surface area (Å²) in [7, 11) is 1.66. The second-order valence-electron chi connectivity index (χ2n) is 10.9. The normalized spacial score (nSPS) is 23.1. The monoisotopic (exact) mass is 520 g/mol. The fraction of sp³-hybridized carbons (Fsp3) is 0.333. The minimum Gasteiger partial charge on any atom is -0.369 e. The molecule has 1 atom stereocenters. The number of primary amides is 1. The van der Waals surface area contributed by atoms with Gasteiger partial charge in [0.05, 0.1) is 23.3 Å². The van der Waals surface area contributed by atoms with Gasteiger partial charge in [0.25, 0.3) is 11.8 Å². The molecule has 1 saturated carbocycles. The molecule has 2 aromatic carbocycles. The molecule has 196 valence electrons. The SMILES string of the molecule is Cc1nc2ccccc2n1Cc1c(C(N)=O)nc2n1C1CC(C1)c1ccc(C#CC3(O)CCN(C)C3=O)cc1-2. The highest BCUT2D eigenvalue weighted by atomic mass is 16.3. The molecule has 1 aliphatic carbocycles. The second kappa shape index (κ2) is 8.29. The van der Waals surface area contributed by atoms with Gasteiger partial charge in [-0.15, -0.1) is 0 Å². The number of aryl methyl sites for hydroxylation is 1. The summed E-state index contributed by atoms with van der Waals surface area (Å²) >= 11 is 0. The van der Waals surface area contributed by atoms with Gasteiger partial charge in [-0.3, -0.25) is 9.59 Å². The van der Waals surface area contributed by atoms with Gasteiger partial charge in [0.1, 0.15) is 11.6 Å². The van der Waals surface area contributed by atoms with Gasteiger partial charge in [0.15, 0.2) is 5.69 Å². The van der Waals surface area contributed by atoms with E-state index in [1.807, 2.05) is 43.3 Å². The van der Waals surface area contributed by atoms with Crippen molar-refractivity contribution < 1.29 is 14.7 Å². The van der Waals surface area contributed by atoms with E-state index >= 15 is 0 Å². The van der Waals surface area contributed by atoms with Crippen molar-refractivity contribution in [1.82, 2.24) is 24.0 Å². The Hall–Kier alpha value is -4.42. The van der Waals surface area contributed by atoms with Crippen molar-refractivity contribution in [2.24, 2.45) is 5.73 Å². The summed E-state index contributed by atoms with van der Waals surface area (Å²) in [6.45, 7) is 2.86. The Morgan fingerprint density at radius 2 is 2.00 bits per heavy atom. The van der Waals surface area contributed by atoms with Crippen LogP contribution in [0.25, 0.3) is 22.4 Å². The fourth-order valence-corrected chi connectivity index (χ4v) is 6.32. The van der Waals surface area contributed by atoms with Crippen LogP contribution in [0.1, 0.15) is 64.4 Å². The topological polar surface area (TPSA) is 119 Å². The minimum absolute atomic E-state index is 0.213. The summed E-state index contributed by atoms with van der Waals surface area (Å²) < 4.78 is 4.29. The number of benzene rings is 2. The fourth-order valence-electron chi connectivity index (χ4n) is 6.32. The lowest BCUT2D eigenvalue weighted by Crippen LogP contribution is -2.37. The average Bonchev–Trinajstić information content (AvgIpc) is 3.44. The van der Waals surface area contributed by atoms with Gasteiger partial charge in [-0.2, -0.15) is 0 Å². The first-order chi connectivity index (χ1) is 18.7. The Morgan fingerprint density at radius 3 is 2.74 bits per heavy atom. The molecule has 2 aromatic heterocycles. The highest BCUT2D eigenvalue weighted by Gasteiger charge is 2.43. The Balaban J connectivity index is 1.36. The lowest BCUT2D eigenvalue weighted by molar-refractivity contribution is -0.137. The van der Waals surface area contributed by atoms with E-state index in [1.165, 1.54) is 10.5 Å². The second-order valence-corrected chi connectivity index (χ2v) is 10.9. The van der Waals surface area contributed by atoms with Gasteiger partial charge in [0.2, 0.25) is 5.60 Å². The van der Waals surface area contributed by atoms with Gasteiger partial charge < -0.3 is 24.9 Å². The van der Waals surface area contributed by atoms with Crippen molar-refractivity contribution in [3.63, 3.8) is 0 Å². The van der Waals surface area contributed by atoms with Gasteiger partial charge in [-0.05, 0) is 55.5 Å². The zero-order valence-electron chi connectivity index (χ0n) is 21.8. The molecule has 5 heterocycles. The largest absolute Gasteiger partial charge is 0.369 e. The van der Waals surface area contributed by atoms with Crippen molar-refractivity contribution in [2.75, 3.05) is 13.6 Å². The number of para-hydroxylation sites is 2. The van der Waals surface area contributed by atoms with Crippen LogP contribution in [0.4, 0.5) is 0 Å². The molecule has 39 heavy (non-hydrogen) atoms. The first-order valence-corrected chi connectivity index (χ1v) is 13.2. The number of amides is 2. The molecule has 2 fully saturated rings. The summed E-state index contributed by atoms with van der Waals surface area (Å²) in [4.78, 5) is 36.1. The summed E-state index contributed by atoms with van der Waals surface area (Å²) in [6.07, 6.45) is 2.19. The molecule has 2 bridgehead atoms. The highest BCUT2D eigenvalue weighted by molar-refractivity contribution is 5.93. The van der Waals surface area contributed by atoms with Crippen molar-refractivity contribution in [3.05, 3.63) is 70.8 Å². The van der Waals surface area contributed by atoms with Gasteiger partial charge in [-0.25, -0.2) is 9.97 Å². The lowest BCUT2D eigenvalue weighted by Gasteiger charge is -2.35. The number of aliphatic hydroxyl groups is 1. The Morgan fingerprint density at radius 1 is 1.21 bits per heavy atom. The Bertz CT molecular complexity index is 1770. The smallest absolute Gasteiger partial charge is 0.269 e. The van der Waals surface area contributed by atoms with Crippen LogP contribution in [-0.2, 0) is 11.3 Å². The predicted octanol–water partition coefficient (Wildman–Crippen LogP) is 2.73. The standard InChI is InChI=1S/C30H28N6O3/c1-17-32-23-5-3-4-6-24(23)35(17)16-25-26(27(31)37)33-28-22-13-18(9-10-30(39)11-12-34(2)29(30)38)7-8-21(22)19-14-20(15-19)36(25)28/h3-8,13,19-20,39H,11-12,14-16H2,1-2H3,(H2,31,37). The minimum atomic E-state index is -1.67. The van der Waals surface area contributed by atoms with Crippen LogP contribution >= 0.6 is 0 Å². The number of imidazole rings is 2. The quantitative estimate of drug-likeness (QED) is 0.403. The first-order valence-electron chi connectivity index (χ1n) is 13.2. The summed E-state index contributed by atoms with van der Waals surface area (Å²) in [5, 5.41) is 10.8. The van der Waals surface area contributed by atoms with E-state index in [2.05, 4.69) is 27.0 Å². The number of fused-ring (bicyclic) bond motifs is 1. The molecule has 4 aliphatic rings. The molecule has 3 aliphatic heterocycles. The van der Waals surface area contributed by atoms with E-state index in [9.17, 15) is 14.7 Å². The van der Waals surface area contributed by atoms with Crippen molar-refractivity contribution in [2.45, 2.75) is 50.3 Å². The van der Waals surface area contributed by atoms with Gasteiger partial charge in [-0.1, -0.05) is 30.0 Å². The molecule has 9 heteroatoms. The van der Waals surface area contributed by atoms with Gasteiger partial charge in [0, 0.05) is 37.2 Å². The number of nitrogens with two attached hydrogens (primary N) is 1. The third-order valence-corrected chi connectivity index (χ3v) is 8.53. The summed E-state index contributed by atoms with van der Waals surface area (Å²) in [6, 6.07) is 14.1. The molecule has 9 nitrogen and oxygen atoms in total. The van der Waals surface area contributed by atoms with Crippen molar-refractivity contribution in [3.8, 4) is 23.2 Å². The van der Waals surface area contributed by atoms with Crippen LogP contribution in [0, 0.1) is 18.8 Å². The third-order valence-electron chi connectivity index (χ3n) is 8.53. The number of aromatic nitrogens is 4. The predicted molar refractivity (Wildman–Crippen MR) is 145 cm³/mol. The molecule has 8 rings (SSSR count). The molecular weight excluding hydrogens is 492 g/mol. The van der Waals surface area contributed by atoms with Crippen molar-refractivity contribution >= 4 is 22.8 Å². The first kappa shape index (κ1) is 23.7. The Kier molecular flexibility index (Phi) is 5.03. The van der Waals surface area contributed by atoms with Crippen LogP contribution in [0.5, 0.6) is 0 Å². The van der Waals surface area contributed by atoms with Crippen LogP contribution < -0.4 is 5.73 Å². The maximum Gasteiger partial charge on any atom is 0.269 e. The molecule has 0 radical (unpaired) electrons. The highest BCUT2D eigenvalue weighted by Crippen LogP contribution is 2.53. The van der Waals surface area contributed by atoms with E-state index in [4.69, 9.17) is 15.7 Å². The van der Waals surface area contributed by atoms with Crippen LogP contribution in [0.15, 0.2) is 42.5 Å². The van der Waals surface area contributed by atoms with Crippen LogP contribution in [0.2, 0.25) is 0 Å². The number of rotatable bonds is 3. The summed E-state index contributed by atoms with van der Waals surface area (Å²) in [5.74, 6) is 6.85. The molecule has 3 N–H and O–H groups in total. The van der Waals surface area contributed by atoms with E-state index < -0.39 is 11.5 Å². The van der Waals surface area contributed by atoms with E-state index in [-0.39, 0.29) is 24.1 Å². The van der Waals surface area contributed by atoms with Gasteiger partial charge >= 0.3 is 0 Å². The lowest BCUT2D eigenvalue weighted by atomic mass is 9.75. The number of likely N-dealkylation sites (N-methyl/N-ethyl adjacent to an activating group) is 1. The maximum absolute atomic E-state index is 12.7. The molecule has 0 spiro atoms. The van der Waals surface area contributed by atoms with Crippen molar-refractivity contribution in [1.29, 1.82) is 0 Å². The molecule has 1 saturated heterocycles. The summed E-state index contributed by atoms with van der Waals surface area (Å²) in [5.41, 5.74) is 9.92. The molecular formula is C30H28N6O3. The van der Waals surface area contributed by atoms with Crippen LogP contribution in [-0.4, -0.2) is 60.1 Å². The third kappa shape index (κ3) is 3.52. The van der Waals surface area contributed by atoms with Crippen LogP contribution in [0.3, 0.4) is 0 Å². The average molecular weight is 521 g/mol. The molecule has 1 unspecified atom stereocenters. The molecule has 4 aromatic rings. The van der Waals surface area contributed by atoms with E-state index in [0.717, 1.165) is 41.0 Å². The number of hydrogen-bond acceptors (Lipinski definition) is 5. The number of nitrogens with zero attached hydrogens (tertiary/aromatic N) is 5. The number of hydrogen-bond donors (Lipinski definition) is 2. The number of likely N-dealkylation sites (tertiary alicyclic amines) is 1. The Labute approximate surface area is 225 Å². The molecule has 2 amide bonds. The number of carbonyl (C=O) groups excluding carboxylic acids is 2. The van der Waals surface area contributed by atoms with E-state index in [0.29, 0.717) is 30.4 Å². The maximum atomic E-state index is 12.7.